The first-order chi connectivity index (χ1) is 8.06. The number of amides is 1. The SMILES string of the molecule is O=C(O)CN1NC(=O)CC1c1ccc(F)cc1. The van der Waals surface area contributed by atoms with E-state index in [1.165, 1.54) is 17.1 Å². The summed E-state index contributed by atoms with van der Waals surface area (Å²) in [6.07, 6.45) is 0.179. The van der Waals surface area contributed by atoms with Gasteiger partial charge in [0.05, 0.1) is 6.04 Å². The van der Waals surface area contributed by atoms with Crippen LogP contribution >= 0.6 is 0 Å². The topological polar surface area (TPSA) is 69.6 Å². The number of hydrazine groups is 1. The van der Waals surface area contributed by atoms with Gasteiger partial charge in [-0.05, 0) is 17.7 Å². The van der Waals surface area contributed by atoms with Gasteiger partial charge in [0.1, 0.15) is 12.4 Å². The Kier molecular flexibility index (Phi) is 3.06. The molecule has 1 saturated heterocycles. The molecule has 1 aliphatic rings. The molecule has 6 heteroatoms. The molecule has 2 rings (SSSR count). The number of rotatable bonds is 3. The van der Waals surface area contributed by atoms with E-state index in [0.717, 1.165) is 0 Å². The standard InChI is InChI=1S/C11H11FN2O3/c12-8-3-1-7(2-4-8)9-5-10(15)13-14(9)6-11(16)17/h1-4,9H,5-6H2,(H,13,15)(H,16,17). The number of halogens is 1. The normalized spacial score (nSPS) is 20.3. The van der Waals surface area contributed by atoms with E-state index in [1.54, 1.807) is 12.1 Å². The van der Waals surface area contributed by atoms with Gasteiger partial charge in [-0.15, -0.1) is 0 Å². The Labute approximate surface area is 96.8 Å². The van der Waals surface area contributed by atoms with Crippen LogP contribution in [0.4, 0.5) is 4.39 Å². The van der Waals surface area contributed by atoms with Crippen LogP contribution in [-0.4, -0.2) is 28.5 Å². The van der Waals surface area contributed by atoms with E-state index < -0.39 is 5.97 Å². The van der Waals surface area contributed by atoms with E-state index in [0.29, 0.717) is 5.56 Å². The second kappa shape index (κ2) is 4.50. The first-order valence-electron chi connectivity index (χ1n) is 5.09. The summed E-state index contributed by atoms with van der Waals surface area (Å²) in [5.74, 6) is -1.63. The van der Waals surface area contributed by atoms with Gasteiger partial charge in [-0.1, -0.05) is 12.1 Å². The summed E-state index contributed by atoms with van der Waals surface area (Å²) >= 11 is 0. The van der Waals surface area contributed by atoms with Crippen molar-refractivity contribution in [3.8, 4) is 0 Å². The number of carbonyl (C=O) groups is 2. The number of benzene rings is 1. The fourth-order valence-electron chi connectivity index (χ4n) is 1.85. The molecule has 1 heterocycles. The van der Waals surface area contributed by atoms with E-state index in [4.69, 9.17) is 5.11 Å². The summed E-state index contributed by atoms with van der Waals surface area (Å²) in [7, 11) is 0. The Balaban J connectivity index is 2.20. The van der Waals surface area contributed by atoms with Gasteiger partial charge in [-0.2, -0.15) is 0 Å². The molecular weight excluding hydrogens is 227 g/mol. The molecule has 1 aromatic carbocycles. The average Bonchev–Trinajstić information content (AvgIpc) is 2.59. The van der Waals surface area contributed by atoms with Gasteiger partial charge in [-0.3, -0.25) is 15.0 Å². The molecule has 1 fully saturated rings. The van der Waals surface area contributed by atoms with Crippen LogP contribution < -0.4 is 5.43 Å². The van der Waals surface area contributed by atoms with Gasteiger partial charge in [0.25, 0.3) is 0 Å². The average molecular weight is 238 g/mol. The molecule has 1 amide bonds. The van der Waals surface area contributed by atoms with Crippen molar-refractivity contribution < 1.29 is 19.1 Å². The zero-order chi connectivity index (χ0) is 12.4. The molecule has 0 bridgehead atoms. The highest BCUT2D eigenvalue weighted by Gasteiger charge is 2.32. The number of nitrogens with one attached hydrogen (secondary N) is 1. The van der Waals surface area contributed by atoms with Crippen LogP contribution in [-0.2, 0) is 9.59 Å². The summed E-state index contributed by atoms with van der Waals surface area (Å²) in [6.45, 7) is -0.284. The predicted molar refractivity (Wildman–Crippen MR) is 56.2 cm³/mol. The Bertz CT molecular complexity index is 447. The molecule has 1 atom stereocenters. The maximum Gasteiger partial charge on any atom is 0.319 e. The van der Waals surface area contributed by atoms with Gasteiger partial charge in [0, 0.05) is 6.42 Å². The molecule has 0 aromatic heterocycles. The van der Waals surface area contributed by atoms with E-state index in [2.05, 4.69) is 5.43 Å². The minimum Gasteiger partial charge on any atom is -0.480 e. The largest absolute Gasteiger partial charge is 0.480 e. The molecule has 1 aromatic rings. The maximum atomic E-state index is 12.8. The summed E-state index contributed by atoms with van der Waals surface area (Å²) in [6, 6.07) is 5.32. The quantitative estimate of drug-likeness (QED) is 0.812. The fraction of sp³-hybridized carbons (Fsp3) is 0.273. The predicted octanol–water partition coefficient (Wildman–Crippen LogP) is 0.688. The lowest BCUT2D eigenvalue weighted by atomic mass is 10.0. The summed E-state index contributed by atoms with van der Waals surface area (Å²) in [5, 5.41) is 10.1. The minimum atomic E-state index is -1.03. The molecule has 90 valence electrons. The van der Waals surface area contributed by atoms with Crippen molar-refractivity contribution >= 4 is 11.9 Å². The molecule has 17 heavy (non-hydrogen) atoms. The Morgan fingerprint density at radius 3 is 2.71 bits per heavy atom. The molecule has 2 N–H and O–H groups in total. The third-order valence-corrected chi connectivity index (χ3v) is 2.58. The monoisotopic (exact) mass is 238 g/mol. The van der Waals surface area contributed by atoms with Crippen molar-refractivity contribution in [1.82, 2.24) is 10.4 Å². The van der Waals surface area contributed by atoms with Gasteiger partial charge in [0.15, 0.2) is 0 Å². The third-order valence-electron chi connectivity index (χ3n) is 2.58. The van der Waals surface area contributed by atoms with Crippen molar-refractivity contribution in [2.45, 2.75) is 12.5 Å². The van der Waals surface area contributed by atoms with Gasteiger partial charge < -0.3 is 5.11 Å². The van der Waals surface area contributed by atoms with Crippen LogP contribution in [0.15, 0.2) is 24.3 Å². The lowest BCUT2D eigenvalue weighted by Crippen LogP contribution is -2.38. The zero-order valence-corrected chi connectivity index (χ0v) is 8.89. The lowest BCUT2D eigenvalue weighted by Gasteiger charge is -2.21. The minimum absolute atomic E-state index is 0.179. The van der Waals surface area contributed by atoms with Crippen LogP contribution in [0.2, 0.25) is 0 Å². The molecule has 0 aliphatic carbocycles. The smallest absolute Gasteiger partial charge is 0.319 e. The summed E-state index contributed by atoms with van der Waals surface area (Å²) in [4.78, 5) is 21.9. The van der Waals surface area contributed by atoms with E-state index in [1.807, 2.05) is 0 Å². The lowest BCUT2D eigenvalue weighted by molar-refractivity contribution is -0.139. The Hall–Kier alpha value is -1.95. The van der Waals surface area contributed by atoms with E-state index in [-0.39, 0.29) is 30.7 Å². The molecule has 0 radical (unpaired) electrons. The van der Waals surface area contributed by atoms with Crippen LogP contribution in [0.25, 0.3) is 0 Å². The van der Waals surface area contributed by atoms with Crippen molar-refractivity contribution in [2.75, 3.05) is 6.54 Å². The van der Waals surface area contributed by atoms with Crippen LogP contribution in [0.1, 0.15) is 18.0 Å². The number of hydrogen-bond acceptors (Lipinski definition) is 3. The molecule has 1 unspecified atom stereocenters. The van der Waals surface area contributed by atoms with Crippen LogP contribution in [0.5, 0.6) is 0 Å². The first-order valence-corrected chi connectivity index (χ1v) is 5.09. The number of aliphatic carboxylic acids is 1. The number of nitrogens with zero attached hydrogens (tertiary/aromatic N) is 1. The van der Waals surface area contributed by atoms with Crippen molar-refractivity contribution in [3.05, 3.63) is 35.6 Å². The second-order valence-electron chi connectivity index (χ2n) is 3.83. The molecular formula is C11H11FN2O3. The van der Waals surface area contributed by atoms with Crippen LogP contribution in [0.3, 0.4) is 0 Å². The summed E-state index contributed by atoms with van der Waals surface area (Å²) < 4.78 is 12.8. The molecule has 0 spiro atoms. The van der Waals surface area contributed by atoms with Crippen LogP contribution in [0, 0.1) is 5.82 Å². The Morgan fingerprint density at radius 1 is 1.47 bits per heavy atom. The second-order valence-corrected chi connectivity index (χ2v) is 3.83. The number of hydrogen-bond donors (Lipinski definition) is 2. The summed E-state index contributed by atoms with van der Waals surface area (Å²) in [5.41, 5.74) is 3.18. The van der Waals surface area contributed by atoms with E-state index >= 15 is 0 Å². The Morgan fingerprint density at radius 2 is 2.12 bits per heavy atom. The molecule has 0 saturated carbocycles. The number of carbonyl (C=O) groups excluding carboxylic acids is 1. The highest BCUT2D eigenvalue weighted by Crippen LogP contribution is 2.27. The van der Waals surface area contributed by atoms with Gasteiger partial charge in [-0.25, -0.2) is 9.40 Å². The van der Waals surface area contributed by atoms with Crippen molar-refractivity contribution in [3.63, 3.8) is 0 Å². The van der Waals surface area contributed by atoms with Crippen molar-refractivity contribution in [1.29, 1.82) is 0 Å². The highest BCUT2D eigenvalue weighted by molar-refractivity contribution is 5.79. The van der Waals surface area contributed by atoms with Gasteiger partial charge >= 0.3 is 5.97 Å². The van der Waals surface area contributed by atoms with E-state index in [9.17, 15) is 14.0 Å². The first kappa shape index (κ1) is 11.5. The van der Waals surface area contributed by atoms with Gasteiger partial charge in [0.2, 0.25) is 5.91 Å². The number of carboxylic acids is 1. The molecule has 1 aliphatic heterocycles. The maximum absolute atomic E-state index is 12.8. The highest BCUT2D eigenvalue weighted by atomic mass is 19.1. The van der Waals surface area contributed by atoms with Crippen molar-refractivity contribution in [2.24, 2.45) is 0 Å². The molecule has 5 nitrogen and oxygen atoms in total. The fourth-order valence-corrected chi connectivity index (χ4v) is 1.85. The zero-order valence-electron chi connectivity index (χ0n) is 8.89. The number of carboxylic acid groups (broad SMARTS) is 1. The third kappa shape index (κ3) is 2.59.